The molecule has 7 nitrogen and oxygen atoms in total. The molecular weight excluding hydrogens is 486 g/mol. The lowest BCUT2D eigenvalue weighted by molar-refractivity contribution is 0.205. The SMILES string of the molecule is Cc1ccc(Oc2nc(N(C)Cc3ccccc3)nc3c2CN(C(=O)Nc2ccc(C(C)C)cc2)CC3)cc1. The summed E-state index contributed by atoms with van der Waals surface area (Å²) in [6, 6.07) is 26.0. The van der Waals surface area contributed by atoms with E-state index in [0.717, 1.165) is 22.5 Å². The van der Waals surface area contributed by atoms with Crippen LogP contribution >= 0.6 is 0 Å². The maximum Gasteiger partial charge on any atom is 0.322 e. The van der Waals surface area contributed by atoms with Gasteiger partial charge in [-0.3, -0.25) is 0 Å². The van der Waals surface area contributed by atoms with Crippen LogP contribution in [0.15, 0.2) is 78.9 Å². The fourth-order valence-electron chi connectivity index (χ4n) is 4.60. The monoisotopic (exact) mass is 521 g/mol. The quantitative estimate of drug-likeness (QED) is 0.286. The first-order chi connectivity index (χ1) is 18.9. The maximum atomic E-state index is 13.2. The molecule has 200 valence electrons. The second-order valence-corrected chi connectivity index (χ2v) is 10.4. The summed E-state index contributed by atoms with van der Waals surface area (Å²) >= 11 is 0. The van der Waals surface area contributed by atoms with Crippen molar-refractivity contribution in [1.82, 2.24) is 14.9 Å². The molecule has 4 aromatic rings. The lowest BCUT2D eigenvalue weighted by Crippen LogP contribution is -2.39. The predicted octanol–water partition coefficient (Wildman–Crippen LogP) is 6.93. The maximum absolute atomic E-state index is 13.2. The third-order valence-electron chi connectivity index (χ3n) is 6.97. The van der Waals surface area contributed by atoms with E-state index in [1.165, 1.54) is 11.1 Å². The summed E-state index contributed by atoms with van der Waals surface area (Å²) in [5.74, 6) is 2.22. The zero-order chi connectivity index (χ0) is 27.4. The van der Waals surface area contributed by atoms with E-state index in [9.17, 15) is 4.79 Å². The second kappa shape index (κ2) is 11.6. The van der Waals surface area contributed by atoms with Gasteiger partial charge in [0.2, 0.25) is 11.8 Å². The number of amides is 2. The molecule has 0 radical (unpaired) electrons. The van der Waals surface area contributed by atoms with Crippen LogP contribution in [0.3, 0.4) is 0 Å². The highest BCUT2D eigenvalue weighted by Crippen LogP contribution is 2.32. The van der Waals surface area contributed by atoms with Gasteiger partial charge in [0.1, 0.15) is 5.75 Å². The second-order valence-electron chi connectivity index (χ2n) is 10.4. The number of fused-ring (bicyclic) bond motifs is 1. The van der Waals surface area contributed by atoms with E-state index >= 15 is 0 Å². The van der Waals surface area contributed by atoms with Gasteiger partial charge in [0.25, 0.3) is 0 Å². The van der Waals surface area contributed by atoms with Gasteiger partial charge in [-0.1, -0.05) is 74.0 Å². The van der Waals surface area contributed by atoms with Gasteiger partial charge in [0.15, 0.2) is 0 Å². The number of carbonyl (C=O) groups excluding carboxylic acids is 1. The Morgan fingerprint density at radius 3 is 2.41 bits per heavy atom. The number of nitrogens with zero attached hydrogens (tertiary/aromatic N) is 4. The van der Waals surface area contributed by atoms with Crippen molar-refractivity contribution in [1.29, 1.82) is 0 Å². The van der Waals surface area contributed by atoms with Crippen molar-refractivity contribution in [3.05, 3.63) is 107 Å². The molecule has 0 fully saturated rings. The molecule has 0 atom stereocenters. The molecule has 7 heteroatoms. The average Bonchev–Trinajstić information content (AvgIpc) is 2.94. The summed E-state index contributed by atoms with van der Waals surface area (Å²) < 4.78 is 6.32. The third-order valence-corrected chi connectivity index (χ3v) is 6.97. The van der Waals surface area contributed by atoms with E-state index in [1.54, 1.807) is 4.90 Å². The molecule has 0 spiro atoms. The molecule has 1 N–H and O–H groups in total. The first-order valence-electron chi connectivity index (χ1n) is 13.4. The fourth-order valence-corrected chi connectivity index (χ4v) is 4.60. The molecule has 2 heterocycles. The zero-order valence-corrected chi connectivity index (χ0v) is 23.0. The molecule has 3 aromatic carbocycles. The van der Waals surface area contributed by atoms with Gasteiger partial charge in [-0.25, -0.2) is 9.78 Å². The van der Waals surface area contributed by atoms with Gasteiger partial charge in [-0.15, -0.1) is 0 Å². The van der Waals surface area contributed by atoms with E-state index in [-0.39, 0.29) is 6.03 Å². The Balaban J connectivity index is 1.39. The summed E-state index contributed by atoms with van der Waals surface area (Å²) in [6.07, 6.45) is 0.619. The number of aryl methyl sites for hydroxylation is 1. The van der Waals surface area contributed by atoms with Crippen molar-refractivity contribution >= 4 is 17.7 Å². The highest BCUT2D eigenvalue weighted by Gasteiger charge is 2.27. The molecule has 5 rings (SSSR count). The number of hydrogen-bond acceptors (Lipinski definition) is 5. The van der Waals surface area contributed by atoms with Gasteiger partial charge in [0, 0.05) is 32.2 Å². The van der Waals surface area contributed by atoms with Crippen molar-refractivity contribution in [3.63, 3.8) is 0 Å². The van der Waals surface area contributed by atoms with Gasteiger partial charge in [0.05, 0.1) is 17.8 Å². The van der Waals surface area contributed by atoms with E-state index in [4.69, 9.17) is 14.7 Å². The van der Waals surface area contributed by atoms with Crippen LogP contribution in [0.25, 0.3) is 0 Å². The summed E-state index contributed by atoms with van der Waals surface area (Å²) in [5, 5.41) is 3.04. The fraction of sp³-hybridized carbons (Fsp3) is 0.281. The molecular formula is C32H35N5O2. The molecule has 0 unspecified atom stereocenters. The van der Waals surface area contributed by atoms with Crippen LogP contribution in [-0.2, 0) is 19.5 Å². The highest BCUT2D eigenvalue weighted by atomic mass is 16.5. The lowest BCUT2D eigenvalue weighted by atomic mass is 10.0. The number of carbonyl (C=O) groups is 1. The smallest absolute Gasteiger partial charge is 0.322 e. The van der Waals surface area contributed by atoms with Crippen LogP contribution in [-0.4, -0.2) is 34.5 Å². The summed E-state index contributed by atoms with van der Waals surface area (Å²) in [7, 11) is 1.98. The number of anilines is 2. The van der Waals surface area contributed by atoms with Crippen molar-refractivity contribution < 1.29 is 9.53 Å². The number of ether oxygens (including phenoxy) is 1. The van der Waals surface area contributed by atoms with Gasteiger partial charge in [-0.2, -0.15) is 4.98 Å². The number of rotatable bonds is 7. The molecule has 0 saturated heterocycles. The minimum absolute atomic E-state index is 0.149. The predicted molar refractivity (Wildman–Crippen MR) is 155 cm³/mol. The Kier molecular flexibility index (Phi) is 7.77. The van der Waals surface area contributed by atoms with Crippen LogP contribution in [0, 0.1) is 6.92 Å². The van der Waals surface area contributed by atoms with Crippen LogP contribution in [0.4, 0.5) is 16.4 Å². The largest absolute Gasteiger partial charge is 0.438 e. The summed E-state index contributed by atoms with van der Waals surface area (Å²) in [5.41, 5.74) is 6.09. The molecule has 1 aliphatic rings. The number of hydrogen-bond donors (Lipinski definition) is 1. The van der Waals surface area contributed by atoms with E-state index in [1.807, 2.05) is 73.5 Å². The minimum atomic E-state index is -0.149. The number of benzene rings is 3. The van der Waals surface area contributed by atoms with Crippen LogP contribution < -0.4 is 15.0 Å². The van der Waals surface area contributed by atoms with Crippen LogP contribution in [0.5, 0.6) is 11.6 Å². The molecule has 1 aromatic heterocycles. The number of urea groups is 1. The standard InChI is InChI=1S/C32H35N5O2/c1-22(2)25-12-14-26(15-13-25)33-32(38)37-19-18-29-28(21-37)30(39-27-16-10-23(3)11-17-27)35-31(34-29)36(4)20-24-8-6-5-7-9-24/h5-17,22H,18-21H2,1-4H3,(H,33,38). The Hall–Kier alpha value is -4.39. The minimum Gasteiger partial charge on any atom is -0.438 e. The summed E-state index contributed by atoms with van der Waals surface area (Å²) in [4.78, 5) is 26.8. The lowest BCUT2D eigenvalue weighted by Gasteiger charge is -2.30. The Bertz CT molecular complexity index is 1420. The Morgan fingerprint density at radius 2 is 1.72 bits per heavy atom. The first kappa shape index (κ1) is 26.2. The number of aromatic nitrogens is 2. The Labute approximate surface area is 230 Å². The van der Waals surface area contributed by atoms with Gasteiger partial charge < -0.3 is 19.9 Å². The third kappa shape index (κ3) is 6.37. The van der Waals surface area contributed by atoms with Gasteiger partial charge in [-0.05, 0) is 48.2 Å². The first-order valence-corrected chi connectivity index (χ1v) is 13.4. The van der Waals surface area contributed by atoms with Crippen molar-refractivity contribution in [2.45, 2.75) is 46.2 Å². The Morgan fingerprint density at radius 1 is 1.00 bits per heavy atom. The van der Waals surface area contributed by atoms with Crippen LogP contribution in [0.2, 0.25) is 0 Å². The molecule has 1 aliphatic heterocycles. The zero-order valence-electron chi connectivity index (χ0n) is 23.0. The molecule has 39 heavy (non-hydrogen) atoms. The van der Waals surface area contributed by atoms with E-state index < -0.39 is 0 Å². The molecule has 0 saturated carbocycles. The topological polar surface area (TPSA) is 70.6 Å². The highest BCUT2D eigenvalue weighted by molar-refractivity contribution is 5.89. The van der Waals surface area contributed by atoms with Crippen molar-refractivity contribution in [2.75, 3.05) is 23.8 Å². The van der Waals surface area contributed by atoms with Gasteiger partial charge >= 0.3 is 6.03 Å². The molecule has 2 amide bonds. The number of nitrogens with one attached hydrogen (secondary N) is 1. The average molecular weight is 522 g/mol. The van der Waals surface area contributed by atoms with Crippen molar-refractivity contribution in [3.8, 4) is 11.6 Å². The van der Waals surface area contributed by atoms with E-state index in [0.29, 0.717) is 49.6 Å². The molecule has 0 bridgehead atoms. The summed E-state index contributed by atoms with van der Waals surface area (Å²) in [6.45, 7) is 7.96. The van der Waals surface area contributed by atoms with E-state index in [2.05, 4.69) is 43.4 Å². The molecule has 0 aliphatic carbocycles. The van der Waals surface area contributed by atoms with Crippen molar-refractivity contribution in [2.24, 2.45) is 0 Å². The normalized spacial score (nSPS) is 12.7. The van der Waals surface area contributed by atoms with Crippen LogP contribution in [0.1, 0.15) is 47.7 Å².